The highest BCUT2D eigenvalue weighted by atomic mass is 16.4. The van der Waals surface area contributed by atoms with Gasteiger partial charge in [0.25, 0.3) is 0 Å². The Bertz CT molecular complexity index is 382. The number of aliphatic hydroxyl groups is 3. The average Bonchev–Trinajstić information content (AvgIpc) is 2.51. The van der Waals surface area contributed by atoms with Crippen LogP contribution in [-0.2, 0) is 4.79 Å². The lowest BCUT2D eigenvalue weighted by molar-refractivity contribution is -0.137. The Morgan fingerprint density at radius 1 is 1.17 bits per heavy atom. The third kappa shape index (κ3) is 8.27. The van der Waals surface area contributed by atoms with Crippen molar-refractivity contribution in [3.63, 3.8) is 0 Å². The molecule has 0 aromatic carbocycles. The summed E-state index contributed by atoms with van der Waals surface area (Å²) >= 11 is 0. The summed E-state index contributed by atoms with van der Waals surface area (Å²) in [5, 5.41) is 38.9. The van der Waals surface area contributed by atoms with E-state index in [1.807, 2.05) is 6.08 Å². The molecule has 0 saturated heterocycles. The summed E-state index contributed by atoms with van der Waals surface area (Å²) in [5.41, 5.74) is 0. The molecule has 0 heterocycles. The Balaban J connectivity index is 2.52. The first-order chi connectivity index (χ1) is 11.4. The summed E-state index contributed by atoms with van der Waals surface area (Å²) in [6.07, 6.45) is 9.42. The first kappa shape index (κ1) is 21.1. The van der Waals surface area contributed by atoms with Gasteiger partial charge in [0.05, 0.1) is 18.3 Å². The molecule has 1 fully saturated rings. The van der Waals surface area contributed by atoms with Crippen molar-refractivity contribution in [2.24, 2.45) is 11.8 Å². The quantitative estimate of drug-likeness (QED) is 0.342. The van der Waals surface area contributed by atoms with Gasteiger partial charge in [0, 0.05) is 6.42 Å². The van der Waals surface area contributed by atoms with Gasteiger partial charge >= 0.3 is 5.97 Å². The van der Waals surface area contributed by atoms with Crippen LogP contribution in [0.15, 0.2) is 12.2 Å². The fraction of sp³-hybridized carbons (Fsp3) is 0.842. The highest BCUT2D eigenvalue weighted by molar-refractivity contribution is 5.66. The molecule has 5 heteroatoms. The average molecular weight is 342 g/mol. The van der Waals surface area contributed by atoms with Crippen LogP contribution in [0.1, 0.15) is 71.1 Å². The fourth-order valence-electron chi connectivity index (χ4n) is 3.58. The van der Waals surface area contributed by atoms with Crippen LogP contribution in [0.5, 0.6) is 0 Å². The van der Waals surface area contributed by atoms with Crippen molar-refractivity contribution in [1.29, 1.82) is 0 Å². The van der Waals surface area contributed by atoms with Gasteiger partial charge in [0.1, 0.15) is 0 Å². The molecule has 1 rings (SSSR count). The van der Waals surface area contributed by atoms with Gasteiger partial charge < -0.3 is 20.4 Å². The number of rotatable bonds is 11. The van der Waals surface area contributed by atoms with E-state index in [0.29, 0.717) is 19.3 Å². The molecule has 5 atom stereocenters. The van der Waals surface area contributed by atoms with E-state index in [1.54, 1.807) is 6.08 Å². The normalized spacial score (nSPS) is 29.0. The Morgan fingerprint density at radius 2 is 1.92 bits per heavy atom. The molecule has 1 saturated carbocycles. The summed E-state index contributed by atoms with van der Waals surface area (Å²) < 4.78 is 0. The lowest BCUT2D eigenvalue weighted by Gasteiger charge is -2.37. The summed E-state index contributed by atoms with van der Waals surface area (Å²) in [7, 11) is 0. The molecule has 0 aromatic rings. The topological polar surface area (TPSA) is 98.0 Å². The molecule has 4 N–H and O–H groups in total. The van der Waals surface area contributed by atoms with Gasteiger partial charge in [-0.15, -0.1) is 0 Å². The van der Waals surface area contributed by atoms with E-state index in [-0.39, 0.29) is 18.3 Å². The number of carboxylic acid groups (broad SMARTS) is 1. The maximum atomic E-state index is 10.6. The molecule has 0 bridgehead atoms. The van der Waals surface area contributed by atoms with Crippen LogP contribution in [0.4, 0.5) is 0 Å². The molecule has 0 amide bonds. The zero-order chi connectivity index (χ0) is 17.9. The SMILES string of the molecule is CCCCC[C@H](O)/C=C/[C@H]1C[C@@H](O)C[C@H](O)[C@@H]1CCCCC(=O)O. The minimum absolute atomic E-state index is 0.0290. The zero-order valence-corrected chi connectivity index (χ0v) is 14.8. The van der Waals surface area contributed by atoms with E-state index in [4.69, 9.17) is 5.11 Å². The molecule has 0 radical (unpaired) electrons. The molecule has 140 valence electrons. The van der Waals surface area contributed by atoms with Crippen molar-refractivity contribution >= 4 is 5.97 Å². The van der Waals surface area contributed by atoms with E-state index < -0.39 is 24.3 Å². The maximum absolute atomic E-state index is 10.6. The van der Waals surface area contributed by atoms with E-state index in [1.165, 1.54) is 0 Å². The van der Waals surface area contributed by atoms with Gasteiger partial charge in [-0.1, -0.05) is 44.8 Å². The van der Waals surface area contributed by atoms with Gasteiger partial charge in [-0.3, -0.25) is 4.79 Å². The highest BCUT2D eigenvalue weighted by Crippen LogP contribution is 2.35. The summed E-state index contributed by atoms with van der Waals surface area (Å²) in [6, 6.07) is 0. The van der Waals surface area contributed by atoms with Gasteiger partial charge in [0.15, 0.2) is 0 Å². The predicted octanol–water partition coefficient (Wildman–Crippen LogP) is 2.88. The van der Waals surface area contributed by atoms with Crippen LogP contribution < -0.4 is 0 Å². The van der Waals surface area contributed by atoms with Crippen LogP contribution >= 0.6 is 0 Å². The Labute approximate surface area is 145 Å². The predicted molar refractivity (Wildman–Crippen MR) is 93.6 cm³/mol. The number of unbranched alkanes of at least 4 members (excludes halogenated alkanes) is 3. The Hall–Kier alpha value is -0.910. The molecular weight excluding hydrogens is 308 g/mol. The molecule has 0 aliphatic heterocycles. The van der Waals surface area contributed by atoms with E-state index in [2.05, 4.69) is 6.92 Å². The molecule has 24 heavy (non-hydrogen) atoms. The van der Waals surface area contributed by atoms with Crippen molar-refractivity contribution in [1.82, 2.24) is 0 Å². The van der Waals surface area contributed by atoms with Gasteiger partial charge in [-0.25, -0.2) is 0 Å². The lowest BCUT2D eigenvalue weighted by Crippen LogP contribution is -2.38. The van der Waals surface area contributed by atoms with Crippen molar-refractivity contribution in [2.75, 3.05) is 0 Å². The monoisotopic (exact) mass is 342 g/mol. The minimum atomic E-state index is -0.790. The number of hydrogen-bond donors (Lipinski definition) is 4. The van der Waals surface area contributed by atoms with Crippen molar-refractivity contribution in [3.8, 4) is 0 Å². The minimum Gasteiger partial charge on any atom is -0.481 e. The zero-order valence-electron chi connectivity index (χ0n) is 14.8. The Morgan fingerprint density at radius 3 is 2.58 bits per heavy atom. The maximum Gasteiger partial charge on any atom is 0.303 e. The smallest absolute Gasteiger partial charge is 0.303 e. The van der Waals surface area contributed by atoms with Crippen LogP contribution in [0.2, 0.25) is 0 Å². The van der Waals surface area contributed by atoms with E-state index >= 15 is 0 Å². The molecule has 0 aromatic heterocycles. The number of carbonyl (C=O) groups is 1. The van der Waals surface area contributed by atoms with Crippen LogP contribution in [0.3, 0.4) is 0 Å². The number of carboxylic acids is 1. The molecule has 0 spiro atoms. The third-order valence-electron chi connectivity index (χ3n) is 4.96. The largest absolute Gasteiger partial charge is 0.481 e. The van der Waals surface area contributed by atoms with Gasteiger partial charge in [0.2, 0.25) is 0 Å². The summed E-state index contributed by atoms with van der Waals surface area (Å²) in [4.78, 5) is 10.6. The number of hydrogen-bond acceptors (Lipinski definition) is 4. The van der Waals surface area contributed by atoms with Gasteiger partial charge in [-0.05, 0) is 43.9 Å². The Kier molecular flexibility index (Phi) is 10.2. The number of allylic oxidation sites excluding steroid dienone is 1. The van der Waals surface area contributed by atoms with Gasteiger partial charge in [-0.2, -0.15) is 0 Å². The molecule has 5 nitrogen and oxygen atoms in total. The first-order valence-corrected chi connectivity index (χ1v) is 9.38. The molecule has 0 unspecified atom stereocenters. The lowest BCUT2D eigenvalue weighted by atomic mass is 9.73. The number of aliphatic hydroxyl groups excluding tert-OH is 3. The van der Waals surface area contributed by atoms with E-state index in [0.717, 1.165) is 38.5 Å². The fourth-order valence-corrected chi connectivity index (χ4v) is 3.58. The highest BCUT2D eigenvalue weighted by Gasteiger charge is 2.34. The van der Waals surface area contributed by atoms with E-state index in [9.17, 15) is 20.1 Å². The molecule has 1 aliphatic rings. The summed E-state index contributed by atoms with van der Waals surface area (Å²) in [5.74, 6) is -0.725. The number of aliphatic carboxylic acids is 1. The molecule has 1 aliphatic carbocycles. The summed E-state index contributed by atoms with van der Waals surface area (Å²) in [6.45, 7) is 2.13. The second kappa shape index (κ2) is 11.6. The standard InChI is InChI=1S/C19H34O5/c1-2-3-4-7-15(20)11-10-14-12-16(21)13-18(22)17(14)8-5-6-9-19(23)24/h10-11,14-18,20-22H,2-9,12-13H2,1H3,(H,23,24)/b11-10+/t14-,15-,16+,17+,18-/m0/s1. The van der Waals surface area contributed by atoms with Crippen molar-refractivity contribution < 1.29 is 25.2 Å². The first-order valence-electron chi connectivity index (χ1n) is 9.38. The molecular formula is C19H34O5. The third-order valence-corrected chi connectivity index (χ3v) is 4.96. The van der Waals surface area contributed by atoms with Crippen molar-refractivity contribution in [3.05, 3.63) is 12.2 Å². The van der Waals surface area contributed by atoms with Crippen LogP contribution in [-0.4, -0.2) is 44.7 Å². The van der Waals surface area contributed by atoms with Crippen molar-refractivity contribution in [2.45, 2.75) is 89.4 Å². The van der Waals surface area contributed by atoms with Crippen LogP contribution in [0.25, 0.3) is 0 Å². The van der Waals surface area contributed by atoms with Crippen LogP contribution in [0, 0.1) is 11.8 Å². The second-order valence-electron chi connectivity index (χ2n) is 7.11. The second-order valence-corrected chi connectivity index (χ2v) is 7.11.